The average molecular weight is 252 g/mol. The van der Waals surface area contributed by atoms with Crippen LogP contribution in [0.15, 0.2) is 18.2 Å². The molecule has 1 unspecified atom stereocenters. The molecule has 0 saturated heterocycles. The Labute approximate surface area is 105 Å². The summed E-state index contributed by atoms with van der Waals surface area (Å²) in [7, 11) is 0. The average Bonchev–Trinajstić information content (AvgIpc) is 2.28. The number of benzene rings is 1. The number of aliphatic carboxylic acids is 1. The highest BCUT2D eigenvalue weighted by Crippen LogP contribution is 2.28. The third-order valence-electron chi connectivity index (χ3n) is 2.63. The van der Waals surface area contributed by atoms with Crippen LogP contribution in [0.5, 0.6) is 0 Å². The van der Waals surface area contributed by atoms with Gasteiger partial charge in [0.1, 0.15) is 5.69 Å². The molecule has 98 valence electrons. The minimum absolute atomic E-state index is 0.0113. The molecule has 0 amide bonds. The summed E-state index contributed by atoms with van der Waals surface area (Å²) >= 11 is 0. The van der Waals surface area contributed by atoms with E-state index in [1.165, 1.54) is 6.07 Å². The number of rotatable bonds is 6. The van der Waals surface area contributed by atoms with E-state index in [0.29, 0.717) is 12.1 Å². The Bertz CT molecular complexity index is 459. The number of carboxylic acid groups (broad SMARTS) is 1. The quantitative estimate of drug-likeness (QED) is 0.599. The van der Waals surface area contributed by atoms with E-state index in [-0.39, 0.29) is 18.2 Å². The Morgan fingerprint density at radius 2 is 2.22 bits per heavy atom. The molecule has 2 N–H and O–H groups in total. The molecule has 6 heteroatoms. The van der Waals surface area contributed by atoms with Crippen molar-refractivity contribution < 1.29 is 14.8 Å². The Morgan fingerprint density at radius 1 is 1.56 bits per heavy atom. The first-order valence-electron chi connectivity index (χ1n) is 5.64. The van der Waals surface area contributed by atoms with Gasteiger partial charge in [-0.25, -0.2) is 0 Å². The highest BCUT2D eigenvalue weighted by molar-refractivity contribution is 5.68. The fraction of sp³-hybridized carbons (Fsp3) is 0.417. The van der Waals surface area contributed by atoms with Gasteiger partial charge >= 0.3 is 5.97 Å². The molecule has 0 fully saturated rings. The number of anilines is 1. The summed E-state index contributed by atoms with van der Waals surface area (Å²) in [5.41, 5.74) is 1.24. The number of nitro groups is 1. The van der Waals surface area contributed by atoms with Crippen LogP contribution < -0.4 is 5.32 Å². The molecule has 6 nitrogen and oxygen atoms in total. The number of nitrogens with one attached hydrogen (secondary N) is 1. The minimum atomic E-state index is -0.872. The molecule has 18 heavy (non-hydrogen) atoms. The molecular weight excluding hydrogens is 236 g/mol. The first-order valence-corrected chi connectivity index (χ1v) is 5.64. The Hall–Kier alpha value is -2.11. The van der Waals surface area contributed by atoms with Crippen molar-refractivity contribution >= 4 is 17.3 Å². The van der Waals surface area contributed by atoms with Crippen molar-refractivity contribution in [2.75, 3.05) is 5.32 Å². The number of hydrogen-bond donors (Lipinski definition) is 2. The van der Waals surface area contributed by atoms with Gasteiger partial charge in [0.05, 0.1) is 4.92 Å². The van der Waals surface area contributed by atoms with Gasteiger partial charge in [-0.3, -0.25) is 14.9 Å². The zero-order valence-corrected chi connectivity index (χ0v) is 10.3. The molecule has 1 atom stereocenters. The second kappa shape index (κ2) is 6.00. The molecule has 1 aromatic carbocycles. The molecule has 0 heterocycles. The molecule has 0 spiro atoms. The Balaban J connectivity index is 2.83. The number of nitrogens with zero attached hydrogens (tertiary/aromatic N) is 1. The Morgan fingerprint density at radius 3 is 2.78 bits per heavy atom. The lowest BCUT2D eigenvalue weighted by Crippen LogP contribution is -2.18. The van der Waals surface area contributed by atoms with E-state index in [9.17, 15) is 14.9 Å². The van der Waals surface area contributed by atoms with Crippen LogP contribution in [0.2, 0.25) is 0 Å². The summed E-state index contributed by atoms with van der Waals surface area (Å²) in [6.45, 7) is 3.58. The molecular formula is C12H16N2O4. The van der Waals surface area contributed by atoms with Gasteiger partial charge in [0.2, 0.25) is 0 Å². The van der Waals surface area contributed by atoms with Crippen LogP contribution in [0.3, 0.4) is 0 Å². The predicted molar refractivity (Wildman–Crippen MR) is 67.8 cm³/mol. The summed E-state index contributed by atoms with van der Waals surface area (Å²) in [5.74, 6) is -0.872. The summed E-state index contributed by atoms with van der Waals surface area (Å²) in [5, 5.41) is 22.5. The van der Waals surface area contributed by atoms with E-state index in [4.69, 9.17) is 5.11 Å². The van der Waals surface area contributed by atoms with Gasteiger partial charge in [-0.05, 0) is 25.8 Å². The van der Waals surface area contributed by atoms with Crippen molar-refractivity contribution in [2.24, 2.45) is 0 Å². The van der Waals surface area contributed by atoms with E-state index < -0.39 is 10.9 Å². The van der Waals surface area contributed by atoms with Crippen LogP contribution in [0.4, 0.5) is 11.4 Å². The van der Waals surface area contributed by atoms with Crippen LogP contribution in [-0.4, -0.2) is 22.0 Å². The largest absolute Gasteiger partial charge is 0.481 e. The monoisotopic (exact) mass is 252 g/mol. The lowest BCUT2D eigenvalue weighted by molar-refractivity contribution is -0.384. The van der Waals surface area contributed by atoms with Gasteiger partial charge in [-0.2, -0.15) is 0 Å². The zero-order chi connectivity index (χ0) is 13.7. The fourth-order valence-corrected chi connectivity index (χ4v) is 1.65. The summed E-state index contributed by atoms with van der Waals surface area (Å²) in [6.07, 6.45) is 0.453. The SMILES string of the molecule is Cc1cccc([N+](=O)[O-])c1NC(C)CCC(=O)O. The van der Waals surface area contributed by atoms with Crippen LogP contribution >= 0.6 is 0 Å². The molecule has 0 aliphatic heterocycles. The molecule has 0 aliphatic carbocycles. The number of para-hydroxylation sites is 1. The third-order valence-corrected chi connectivity index (χ3v) is 2.63. The maximum atomic E-state index is 10.9. The van der Waals surface area contributed by atoms with E-state index in [2.05, 4.69) is 5.32 Å². The first kappa shape index (κ1) is 14.0. The number of hydrogen-bond acceptors (Lipinski definition) is 4. The molecule has 0 saturated carbocycles. The molecule has 1 aromatic rings. The zero-order valence-electron chi connectivity index (χ0n) is 10.3. The van der Waals surface area contributed by atoms with Gasteiger partial charge in [0.25, 0.3) is 5.69 Å². The van der Waals surface area contributed by atoms with Crippen LogP contribution in [0.1, 0.15) is 25.3 Å². The van der Waals surface area contributed by atoms with Crippen LogP contribution in [-0.2, 0) is 4.79 Å². The highest BCUT2D eigenvalue weighted by atomic mass is 16.6. The van der Waals surface area contributed by atoms with Crippen molar-refractivity contribution in [3.63, 3.8) is 0 Å². The molecule has 0 aliphatic rings. The molecule has 0 bridgehead atoms. The molecule has 0 radical (unpaired) electrons. The van der Waals surface area contributed by atoms with Gasteiger partial charge in [-0.1, -0.05) is 12.1 Å². The number of carbonyl (C=O) groups is 1. The van der Waals surface area contributed by atoms with Crippen LogP contribution in [0, 0.1) is 17.0 Å². The van der Waals surface area contributed by atoms with Gasteiger partial charge in [0, 0.05) is 18.5 Å². The van der Waals surface area contributed by atoms with Gasteiger partial charge < -0.3 is 10.4 Å². The number of nitro benzene ring substituents is 1. The standard InChI is InChI=1S/C12H16N2O4/c1-8-4-3-5-10(14(17)18)12(8)13-9(2)6-7-11(15)16/h3-5,9,13H,6-7H2,1-2H3,(H,15,16). The van der Waals surface area contributed by atoms with E-state index in [1.807, 2.05) is 0 Å². The lowest BCUT2D eigenvalue weighted by Gasteiger charge is -2.16. The van der Waals surface area contributed by atoms with Crippen molar-refractivity contribution in [3.8, 4) is 0 Å². The lowest BCUT2D eigenvalue weighted by atomic mass is 10.1. The maximum absolute atomic E-state index is 10.9. The van der Waals surface area contributed by atoms with Crippen molar-refractivity contribution in [3.05, 3.63) is 33.9 Å². The summed E-state index contributed by atoms with van der Waals surface area (Å²) in [6, 6.07) is 4.69. The van der Waals surface area contributed by atoms with Crippen molar-refractivity contribution in [2.45, 2.75) is 32.7 Å². The first-order chi connectivity index (χ1) is 8.41. The van der Waals surface area contributed by atoms with E-state index >= 15 is 0 Å². The molecule has 0 aromatic heterocycles. The van der Waals surface area contributed by atoms with Crippen LogP contribution in [0.25, 0.3) is 0 Å². The maximum Gasteiger partial charge on any atom is 0.303 e. The molecule has 1 rings (SSSR count). The van der Waals surface area contributed by atoms with E-state index in [1.54, 1.807) is 26.0 Å². The number of carboxylic acids is 1. The Kier molecular flexibility index (Phi) is 4.65. The smallest absolute Gasteiger partial charge is 0.303 e. The second-order valence-corrected chi connectivity index (χ2v) is 4.20. The van der Waals surface area contributed by atoms with Gasteiger partial charge in [-0.15, -0.1) is 0 Å². The predicted octanol–water partition coefficient (Wildman–Crippen LogP) is 2.57. The third kappa shape index (κ3) is 3.73. The number of aryl methyl sites for hydroxylation is 1. The normalized spacial score (nSPS) is 11.9. The van der Waals surface area contributed by atoms with Gasteiger partial charge in [0.15, 0.2) is 0 Å². The van der Waals surface area contributed by atoms with Crippen molar-refractivity contribution in [1.82, 2.24) is 0 Å². The second-order valence-electron chi connectivity index (χ2n) is 4.20. The van der Waals surface area contributed by atoms with Crippen molar-refractivity contribution in [1.29, 1.82) is 0 Å². The topological polar surface area (TPSA) is 92.5 Å². The fourth-order valence-electron chi connectivity index (χ4n) is 1.65. The highest BCUT2D eigenvalue weighted by Gasteiger charge is 2.17. The summed E-state index contributed by atoms with van der Waals surface area (Å²) in [4.78, 5) is 20.9. The minimum Gasteiger partial charge on any atom is -0.481 e. The summed E-state index contributed by atoms with van der Waals surface area (Å²) < 4.78 is 0. The van der Waals surface area contributed by atoms with E-state index in [0.717, 1.165) is 5.56 Å².